The van der Waals surface area contributed by atoms with Crippen molar-refractivity contribution in [2.45, 2.75) is 18.9 Å². The zero-order chi connectivity index (χ0) is 15.6. The molecule has 118 valence electrons. The minimum absolute atomic E-state index is 0.212. The van der Waals surface area contributed by atoms with E-state index in [0.29, 0.717) is 11.3 Å². The second-order valence-electron chi connectivity index (χ2n) is 5.65. The van der Waals surface area contributed by atoms with Gasteiger partial charge < -0.3 is 15.2 Å². The van der Waals surface area contributed by atoms with Gasteiger partial charge in [0.05, 0.1) is 12.3 Å². The van der Waals surface area contributed by atoms with E-state index < -0.39 is 0 Å². The molecular formula is C17H18N4O2. The van der Waals surface area contributed by atoms with Crippen LogP contribution in [-0.4, -0.2) is 38.7 Å². The molecule has 0 unspecified atom stereocenters. The molecule has 3 heterocycles. The number of aromatic hydroxyl groups is 1. The number of phenols is 1. The molecule has 0 radical (unpaired) electrons. The van der Waals surface area contributed by atoms with E-state index in [1.807, 2.05) is 22.7 Å². The van der Waals surface area contributed by atoms with Crippen LogP contribution in [0.3, 0.4) is 0 Å². The number of para-hydroxylation sites is 1. The number of aromatic nitrogens is 3. The average Bonchev–Trinajstić information content (AvgIpc) is 3.21. The van der Waals surface area contributed by atoms with Crippen LogP contribution in [0.1, 0.15) is 12.8 Å². The summed E-state index contributed by atoms with van der Waals surface area (Å²) in [5.41, 5.74) is 2.15. The third kappa shape index (κ3) is 2.61. The van der Waals surface area contributed by atoms with Gasteiger partial charge in [-0.2, -0.15) is 0 Å². The van der Waals surface area contributed by atoms with Gasteiger partial charge in [0, 0.05) is 31.1 Å². The minimum Gasteiger partial charge on any atom is -0.507 e. The van der Waals surface area contributed by atoms with Gasteiger partial charge in [-0.25, -0.2) is 4.98 Å². The number of benzene rings is 1. The quantitative estimate of drug-likeness (QED) is 0.775. The van der Waals surface area contributed by atoms with E-state index in [1.54, 1.807) is 24.5 Å². The Bertz CT molecular complexity index is 824. The molecule has 2 N–H and O–H groups in total. The normalized spacial score (nSPS) is 17.7. The van der Waals surface area contributed by atoms with Crippen LogP contribution in [0.15, 0.2) is 42.9 Å². The molecule has 1 aliphatic rings. The van der Waals surface area contributed by atoms with E-state index >= 15 is 0 Å². The van der Waals surface area contributed by atoms with E-state index in [4.69, 9.17) is 4.74 Å². The van der Waals surface area contributed by atoms with Crippen molar-refractivity contribution in [2.75, 3.05) is 18.5 Å². The van der Waals surface area contributed by atoms with Gasteiger partial charge in [0.2, 0.25) is 0 Å². The van der Waals surface area contributed by atoms with Crippen LogP contribution in [0.5, 0.6) is 5.75 Å². The number of rotatable bonds is 4. The van der Waals surface area contributed by atoms with Crippen molar-refractivity contribution in [2.24, 2.45) is 0 Å². The fourth-order valence-electron chi connectivity index (χ4n) is 2.95. The maximum atomic E-state index is 10.2. The van der Waals surface area contributed by atoms with Crippen LogP contribution in [0.4, 0.5) is 5.82 Å². The Morgan fingerprint density at radius 3 is 3.09 bits per heavy atom. The van der Waals surface area contributed by atoms with Crippen LogP contribution >= 0.6 is 0 Å². The van der Waals surface area contributed by atoms with E-state index in [-0.39, 0.29) is 11.9 Å². The molecule has 1 fully saturated rings. The van der Waals surface area contributed by atoms with Gasteiger partial charge in [0.1, 0.15) is 17.3 Å². The van der Waals surface area contributed by atoms with Crippen LogP contribution in [0.25, 0.3) is 16.9 Å². The number of imidazole rings is 1. The van der Waals surface area contributed by atoms with Crippen LogP contribution in [-0.2, 0) is 4.74 Å². The lowest BCUT2D eigenvalue weighted by molar-refractivity contribution is 0.120. The maximum absolute atomic E-state index is 10.2. The SMILES string of the molecule is Oc1ccccc1-c1nc2cnccn2c1NC[C@H]1CCCO1. The molecule has 1 aromatic carbocycles. The molecule has 1 aliphatic heterocycles. The van der Waals surface area contributed by atoms with Gasteiger partial charge in [-0.05, 0) is 25.0 Å². The monoisotopic (exact) mass is 310 g/mol. The van der Waals surface area contributed by atoms with Crippen LogP contribution in [0, 0.1) is 0 Å². The molecule has 0 spiro atoms. The standard InChI is InChI=1S/C17H18N4O2/c22-14-6-2-1-5-13(14)16-17(19-10-12-4-3-9-23-12)21-8-7-18-11-15(21)20-16/h1-2,5-8,11-12,19,22H,3-4,9-10H2/t12-/m1/s1. The topological polar surface area (TPSA) is 71.7 Å². The van der Waals surface area contributed by atoms with Crippen molar-refractivity contribution < 1.29 is 9.84 Å². The lowest BCUT2D eigenvalue weighted by Gasteiger charge is -2.13. The lowest BCUT2D eigenvalue weighted by Crippen LogP contribution is -2.19. The highest BCUT2D eigenvalue weighted by atomic mass is 16.5. The summed E-state index contributed by atoms with van der Waals surface area (Å²) in [6.07, 6.45) is 7.69. The van der Waals surface area contributed by atoms with Crippen molar-refractivity contribution >= 4 is 11.5 Å². The summed E-state index contributed by atoms with van der Waals surface area (Å²) < 4.78 is 7.63. The number of phenolic OH excluding ortho intramolecular Hbond substituents is 1. The fraction of sp³-hybridized carbons (Fsp3) is 0.294. The lowest BCUT2D eigenvalue weighted by atomic mass is 10.1. The summed E-state index contributed by atoms with van der Waals surface area (Å²) in [6.45, 7) is 1.55. The van der Waals surface area contributed by atoms with E-state index in [0.717, 1.165) is 37.5 Å². The van der Waals surface area contributed by atoms with Crippen molar-refractivity contribution in [3.05, 3.63) is 42.9 Å². The first-order valence-corrected chi connectivity index (χ1v) is 7.79. The predicted molar refractivity (Wildman–Crippen MR) is 87.6 cm³/mol. The summed E-state index contributed by atoms with van der Waals surface area (Å²) in [5.74, 6) is 1.06. The van der Waals surface area contributed by atoms with Gasteiger partial charge in [0.25, 0.3) is 0 Å². The number of hydrogen-bond donors (Lipinski definition) is 2. The highest BCUT2D eigenvalue weighted by Gasteiger charge is 2.20. The average molecular weight is 310 g/mol. The zero-order valence-corrected chi connectivity index (χ0v) is 12.6. The first-order valence-electron chi connectivity index (χ1n) is 7.79. The Labute approximate surface area is 133 Å². The van der Waals surface area contributed by atoms with Crippen molar-refractivity contribution in [3.63, 3.8) is 0 Å². The van der Waals surface area contributed by atoms with Gasteiger partial charge in [-0.1, -0.05) is 12.1 Å². The van der Waals surface area contributed by atoms with Crippen molar-refractivity contribution in [1.29, 1.82) is 0 Å². The molecule has 3 aromatic rings. The Morgan fingerprint density at radius 1 is 1.35 bits per heavy atom. The first kappa shape index (κ1) is 14.0. The van der Waals surface area contributed by atoms with Gasteiger partial charge in [-0.15, -0.1) is 0 Å². The summed E-state index contributed by atoms with van der Waals surface area (Å²) in [7, 11) is 0. The van der Waals surface area contributed by atoms with E-state index in [1.165, 1.54) is 0 Å². The molecule has 1 atom stereocenters. The Morgan fingerprint density at radius 2 is 2.26 bits per heavy atom. The van der Waals surface area contributed by atoms with Crippen LogP contribution < -0.4 is 5.32 Å². The molecule has 0 bridgehead atoms. The number of hydrogen-bond acceptors (Lipinski definition) is 5. The number of anilines is 1. The molecule has 4 rings (SSSR count). The highest BCUT2D eigenvalue weighted by molar-refractivity contribution is 5.79. The Hall–Kier alpha value is -2.60. The molecule has 6 nitrogen and oxygen atoms in total. The smallest absolute Gasteiger partial charge is 0.157 e. The predicted octanol–water partition coefficient (Wildman–Crippen LogP) is 2.69. The first-order chi connectivity index (χ1) is 11.3. The van der Waals surface area contributed by atoms with Gasteiger partial charge in [0.15, 0.2) is 5.65 Å². The number of nitrogens with one attached hydrogen (secondary N) is 1. The minimum atomic E-state index is 0.212. The molecule has 0 aliphatic carbocycles. The van der Waals surface area contributed by atoms with Crippen molar-refractivity contribution in [1.82, 2.24) is 14.4 Å². The molecule has 2 aromatic heterocycles. The molecule has 1 saturated heterocycles. The second-order valence-corrected chi connectivity index (χ2v) is 5.65. The van der Waals surface area contributed by atoms with E-state index in [2.05, 4.69) is 15.3 Å². The summed E-state index contributed by atoms with van der Waals surface area (Å²) >= 11 is 0. The largest absolute Gasteiger partial charge is 0.507 e. The van der Waals surface area contributed by atoms with Crippen LogP contribution in [0.2, 0.25) is 0 Å². The van der Waals surface area contributed by atoms with E-state index in [9.17, 15) is 5.11 Å². The third-order valence-electron chi connectivity index (χ3n) is 4.11. The second kappa shape index (κ2) is 5.89. The molecule has 0 saturated carbocycles. The number of fused-ring (bicyclic) bond motifs is 1. The summed E-state index contributed by atoms with van der Waals surface area (Å²) in [5, 5.41) is 13.6. The van der Waals surface area contributed by atoms with Gasteiger partial charge >= 0.3 is 0 Å². The Balaban J connectivity index is 1.76. The number of nitrogens with zero attached hydrogens (tertiary/aromatic N) is 3. The number of ether oxygens (including phenoxy) is 1. The highest BCUT2D eigenvalue weighted by Crippen LogP contribution is 2.34. The molecule has 6 heteroatoms. The third-order valence-corrected chi connectivity index (χ3v) is 4.11. The fourth-order valence-corrected chi connectivity index (χ4v) is 2.95. The summed E-state index contributed by atoms with van der Waals surface area (Å²) in [6, 6.07) is 7.22. The molecule has 23 heavy (non-hydrogen) atoms. The summed E-state index contributed by atoms with van der Waals surface area (Å²) in [4.78, 5) is 8.75. The maximum Gasteiger partial charge on any atom is 0.157 e. The molecule has 0 amide bonds. The van der Waals surface area contributed by atoms with Gasteiger partial charge in [-0.3, -0.25) is 9.38 Å². The molecular weight excluding hydrogens is 292 g/mol. The Kier molecular flexibility index (Phi) is 3.59. The zero-order valence-electron chi connectivity index (χ0n) is 12.6. The van der Waals surface area contributed by atoms with Crippen molar-refractivity contribution in [3.8, 4) is 17.0 Å².